The van der Waals surface area contributed by atoms with E-state index in [0.29, 0.717) is 19.2 Å². The van der Waals surface area contributed by atoms with Crippen molar-refractivity contribution in [1.82, 2.24) is 14.5 Å². The van der Waals surface area contributed by atoms with E-state index in [9.17, 15) is 4.79 Å². The van der Waals surface area contributed by atoms with Crippen molar-refractivity contribution in [1.29, 1.82) is 0 Å². The summed E-state index contributed by atoms with van der Waals surface area (Å²) in [5, 5.41) is 0. The average Bonchev–Trinajstić information content (AvgIpc) is 3.11. The standard InChI is InChI=1S/C19H25N3O3/c1-14-16(25-18(23)22(14)19(2,3)4)17-20-10-11-21(17)13-24-12-15-8-6-5-7-9-15/h5-11,14,16H,12-13H2,1-4H3/t14-,16-/m0/s1. The molecule has 2 atom stereocenters. The van der Waals surface area contributed by atoms with Crippen LogP contribution >= 0.6 is 0 Å². The minimum atomic E-state index is -0.401. The lowest BCUT2D eigenvalue weighted by molar-refractivity contribution is 0.0540. The molecule has 0 spiro atoms. The SMILES string of the molecule is C[C@H]1[C@@H](c2nccn2COCc2ccccc2)OC(=O)N1C(C)(C)C. The molecule has 1 fully saturated rings. The van der Waals surface area contributed by atoms with Gasteiger partial charge in [0.2, 0.25) is 0 Å². The van der Waals surface area contributed by atoms with Crippen molar-refractivity contribution in [2.75, 3.05) is 0 Å². The molecule has 6 heteroatoms. The Kier molecular flexibility index (Phi) is 4.81. The maximum Gasteiger partial charge on any atom is 0.411 e. The second-order valence-corrected chi connectivity index (χ2v) is 7.30. The summed E-state index contributed by atoms with van der Waals surface area (Å²) in [4.78, 5) is 18.5. The van der Waals surface area contributed by atoms with Gasteiger partial charge in [-0.05, 0) is 33.3 Å². The minimum Gasteiger partial charge on any atom is -0.436 e. The number of benzene rings is 1. The highest BCUT2D eigenvalue weighted by Crippen LogP contribution is 2.36. The van der Waals surface area contributed by atoms with Gasteiger partial charge in [0.25, 0.3) is 0 Å². The molecule has 134 valence electrons. The van der Waals surface area contributed by atoms with E-state index in [0.717, 1.165) is 5.56 Å². The molecule has 3 rings (SSSR count). The molecule has 1 aromatic carbocycles. The summed E-state index contributed by atoms with van der Waals surface area (Å²) in [7, 11) is 0. The van der Waals surface area contributed by atoms with E-state index in [1.807, 2.05) is 68.8 Å². The first-order valence-electron chi connectivity index (χ1n) is 8.50. The monoisotopic (exact) mass is 343 g/mol. The third-order valence-corrected chi connectivity index (χ3v) is 4.34. The topological polar surface area (TPSA) is 56.6 Å². The fourth-order valence-corrected chi connectivity index (χ4v) is 3.24. The Morgan fingerprint density at radius 3 is 2.60 bits per heavy atom. The molecule has 1 aliphatic rings. The van der Waals surface area contributed by atoms with Gasteiger partial charge in [0.05, 0.1) is 12.6 Å². The number of nitrogens with zero attached hydrogens (tertiary/aromatic N) is 3. The van der Waals surface area contributed by atoms with E-state index in [1.165, 1.54) is 0 Å². The highest BCUT2D eigenvalue weighted by molar-refractivity contribution is 5.71. The fourth-order valence-electron chi connectivity index (χ4n) is 3.24. The van der Waals surface area contributed by atoms with Crippen LogP contribution in [0.1, 0.15) is 45.2 Å². The molecule has 1 saturated heterocycles. The highest BCUT2D eigenvalue weighted by Gasteiger charge is 2.46. The first-order valence-corrected chi connectivity index (χ1v) is 8.50. The number of rotatable bonds is 5. The first-order chi connectivity index (χ1) is 11.9. The molecule has 0 radical (unpaired) electrons. The molecule has 2 heterocycles. The zero-order valence-corrected chi connectivity index (χ0v) is 15.2. The van der Waals surface area contributed by atoms with Gasteiger partial charge in [-0.2, -0.15) is 0 Å². The van der Waals surface area contributed by atoms with Gasteiger partial charge < -0.3 is 14.0 Å². The maximum atomic E-state index is 12.3. The van der Waals surface area contributed by atoms with Crippen molar-refractivity contribution in [2.45, 2.75) is 58.7 Å². The number of hydrogen-bond donors (Lipinski definition) is 0. The molecule has 0 unspecified atom stereocenters. The predicted molar refractivity (Wildman–Crippen MR) is 93.7 cm³/mol. The van der Waals surface area contributed by atoms with Crippen LogP contribution in [0.15, 0.2) is 42.7 Å². The van der Waals surface area contributed by atoms with Gasteiger partial charge >= 0.3 is 6.09 Å². The van der Waals surface area contributed by atoms with Crippen molar-refractivity contribution >= 4 is 6.09 Å². The smallest absolute Gasteiger partial charge is 0.411 e. The quantitative estimate of drug-likeness (QED) is 0.830. The van der Waals surface area contributed by atoms with Crippen LogP contribution in [0.25, 0.3) is 0 Å². The largest absolute Gasteiger partial charge is 0.436 e. The third kappa shape index (κ3) is 3.69. The predicted octanol–water partition coefficient (Wildman–Crippen LogP) is 3.74. The van der Waals surface area contributed by atoms with Crippen molar-refractivity contribution in [3.05, 3.63) is 54.1 Å². The Bertz CT molecular complexity index is 721. The Labute approximate surface area is 148 Å². The molecule has 1 amide bonds. The maximum absolute atomic E-state index is 12.3. The van der Waals surface area contributed by atoms with E-state index in [-0.39, 0.29) is 17.7 Å². The second kappa shape index (κ2) is 6.88. The van der Waals surface area contributed by atoms with E-state index >= 15 is 0 Å². The van der Waals surface area contributed by atoms with Gasteiger partial charge in [0.1, 0.15) is 6.73 Å². The number of carbonyl (C=O) groups is 1. The van der Waals surface area contributed by atoms with Crippen LogP contribution in [0, 0.1) is 0 Å². The molecule has 1 aromatic heterocycles. The molecule has 0 aliphatic carbocycles. The van der Waals surface area contributed by atoms with Crippen molar-refractivity contribution < 1.29 is 14.3 Å². The van der Waals surface area contributed by atoms with E-state index in [4.69, 9.17) is 9.47 Å². The molecule has 0 bridgehead atoms. The van der Waals surface area contributed by atoms with Crippen LogP contribution in [0.2, 0.25) is 0 Å². The summed E-state index contributed by atoms with van der Waals surface area (Å²) in [5.74, 6) is 0.709. The summed E-state index contributed by atoms with van der Waals surface area (Å²) < 4.78 is 13.3. The molecule has 2 aromatic rings. The van der Waals surface area contributed by atoms with Gasteiger partial charge in [0.15, 0.2) is 11.9 Å². The molecular weight excluding hydrogens is 318 g/mol. The van der Waals surface area contributed by atoms with Gasteiger partial charge in [-0.25, -0.2) is 9.78 Å². The summed E-state index contributed by atoms with van der Waals surface area (Å²) in [6, 6.07) is 9.91. The Hall–Kier alpha value is -2.34. The van der Waals surface area contributed by atoms with Gasteiger partial charge in [-0.1, -0.05) is 30.3 Å². The fraction of sp³-hybridized carbons (Fsp3) is 0.474. The molecule has 1 aliphatic heterocycles. The summed E-state index contributed by atoms with van der Waals surface area (Å²) in [5.41, 5.74) is 0.815. The number of imidazole rings is 1. The molecule has 0 N–H and O–H groups in total. The second-order valence-electron chi connectivity index (χ2n) is 7.30. The van der Waals surface area contributed by atoms with Crippen LogP contribution in [-0.4, -0.2) is 32.1 Å². The lowest BCUT2D eigenvalue weighted by atomic mass is 10.0. The molecule has 6 nitrogen and oxygen atoms in total. The number of cyclic esters (lactones) is 1. The third-order valence-electron chi connectivity index (χ3n) is 4.34. The Morgan fingerprint density at radius 1 is 1.24 bits per heavy atom. The van der Waals surface area contributed by atoms with Crippen LogP contribution in [-0.2, 0) is 22.8 Å². The van der Waals surface area contributed by atoms with Gasteiger partial charge in [-0.3, -0.25) is 4.90 Å². The molecular formula is C19H25N3O3. The molecule has 25 heavy (non-hydrogen) atoms. The lowest BCUT2D eigenvalue weighted by Crippen LogP contribution is -2.46. The van der Waals surface area contributed by atoms with E-state index in [1.54, 1.807) is 11.1 Å². The Morgan fingerprint density at radius 2 is 1.96 bits per heavy atom. The summed E-state index contributed by atoms with van der Waals surface area (Å²) in [6.45, 7) is 8.88. The summed E-state index contributed by atoms with van der Waals surface area (Å²) in [6.07, 6.45) is 2.86. The average molecular weight is 343 g/mol. The Balaban J connectivity index is 1.68. The van der Waals surface area contributed by atoms with E-state index < -0.39 is 6.10 Å². The van der Waals surface area contributed by atoms with Crippen molar-refractivity contribution in [3.8, 4) is 0 Å². The summed E-state index contributed by atoms with van der Waals surface area (Å²) >= 11 is 0. The van der Waals surface area contributed by atoms with Crippen molar-refractivity contribution in [3.63, 3.8) is 0 Å². The highest BCUT2D eigenvalue weighted by atomic mass is 16.6. The van der Waals surface area contributed by atoms with Crippen LogP contribution in [0.3, 0.4) is 0 Å². The number of ether oxygens (including phenoxy) is 2. The van der Waals surface area contributed by atoms with Crippen LogP contribution < -0.4 is 0 Å². The number of aromatic nitrogens is 2. The van der Waals surface area contributed by atoms with Crippen molar-refractivity contribution in [2.24, 2.45) is 0 Å². The van der Waals surface area contributed by atoms with Crippen LogP contribution in [0.4, 0.5) is 4.79 Å². The molecule has 0 saturated carbocycles. The normalized spacial score (nSPS) is 20.8. The zero-order chi connectivity index (χ0) is 18.0. The number of amides is 1. The van der Waals surface area contributed by atoms with E-state index in [2.05, 4.69) is 4.98 Å². The van der Waals surface area contributed by atoms with Gasteiger partial charge in [-0.15, -0.1) is 0 Å². The first kappa shape index (κ1) is 17.5. The number of carbonyl (C=O) groups excluding carboxylic acids is 1. The van der Waals surface area contributed by atoms with Gasteiger partial charge in [0, 0.05) is 17.9 Å². The minimum absolute atomic E-state index is 0.0947. The zero-order valence-electron chi connectivity index (χ0n) is 15.2. The van der Waals surface area contributed by atoms with Crippen LogP contribution in [0.5, 0.6) is 0 Å². The number of hydrogen-bond acceptors (Lipinski definition) is 4. The lowest BCUT2D eigenvalue weighted by Gasteiger charge is -2.33.